The van der Waals surface area contributed by atoms with Crippen molar-refractivity contribution in [2.45, 2.75) is 19.1 Å². The van der Waals surface area contributed by atoms with Gasteiger partial charge in [-0.3, -0.25) is 0 Å². The Morgan fingerprint density at radius 2 is 1.94 bits per heavy atom. The predicted octanol–water partition coefficient (Wildman–Crippen LogP) is 3.89. The second kappa shape index (κ2) is 6.48. The summed E-state index contributed by atoms with van der Waals surface area (Å²) >= 11 is 5.03. The van der Waals surface area contributed by atoms with Gasteiger partial charge in [0.05, 0.1) is 6.10 Å². The Morgan fingerprint density at radius 3 is 2.56 bits per heavy atom. The van der Waals surface area contributed by atoms with Gasteiger partial charge in [0, 0.05) is 17.1 Å². The van der Waals surface area contributed by atoms with E-state index in [1.807, 2.05) is 29.0 Å². The number of aliphatic hydroxyl groups is 1. The number of nitrogens with one attached hydrogen (secondary N) is 1. The minimum atomic E-state index is -0.436. The molecule has 2 rings (SSSR count). The molecule has 0 bridgehead atoms. The molecule has 2 atom stereocenters. The third-order valence-electron chi connectivity index (χ3n) is 2.92. The fraction of sp³-hybridized carbons (Fsp3) is 0.286. The van der Waals surface area contributed by atoms with Crippen molar-refractivity contribution in [3.63, 3.8) is 0 Å². The second-order valence-corrected chi connectivity index (χ2v) is 5.95. The molecule has 0 saturated carbocycles. The van der Waals surface area contributed by atoms with Crippen molar-refractivity contribution in [3.8, 4) is 0 Å². The van der Waals surface area contributed by atoms with Crippen molar-refractivity contribution >= 4 is 27.3 Å². The van der Waals surface area contributed by atoms with Crippen LogP contribution in [0.15, 0.2) is 45.6 Å². The highest BCUT2D eigenvalue weighted by molar-refractivity contribution is 9.10. The fourth-order valence-corrected chi connectivity index (χ4v) is 2.71. The molecule has 1 aromatic heterocycles. The summed E-state index contributed by atoms with van der Waals surface area (Å²) in [5.41, 5.74) is 2.20. The maximum atomic E-state index is 9.99. The molecular weight excluding hydrogens is 310 g/mol. The van der Waals surface area contributed by atoms with E-state index in [1.54, 1.807) is 11.3 Å². The summed E-state index contributed by atoms with van der Waals surface area (Å²) in [6, 6.07) is 10.4. The van der Waals surface area contributed by atoms with Gasteiger partial charge in [-0.25, -0.2) is 0 Å². The number of hydrogen-bond donors (Lipinski definition) is 2. The van der Waals surface area contributed by atoms with Crippen LogP contribution in [0.2, 0.25) is 0 Å². The van der Waals surface area contributed by atoms with Crippen molar-refractivity contribution in [1.82, 2.24) is 5.32 Å². The molecule has 0 fully saturated rings. The maximum absolute atomic E-state index is 9.99. The largest absolute Gasteiger partial charge is 0.387 e. The zero-order chi connectivity index (χ0) is 13.0. The molecule has 0 amide bonds. The minimum Gasteiger partial charge on any atom is -0.387 e. The highest BCUT2D eigenvalue weighted by atomic mass is 79.9. The van der Waals surface area contributed by atoms with Crippen LogP contribution in [0.3, 0.4) is 0 Å². The van der Waals surface area contributed by atoms with E-state index in [-0.39, 0.29) is 6.04 Å². The molecule has 4 heteroatoms. The molecule has 96 valence electrons. The van der Waals surface area contributed by atoms with Gasteiger partial charge in [-0.2, -0.15) is 11.3 Å². The Kier molecular flexibility index (Phi) is 4.95. The minimum absolute atomic E-state index is 0.228. The van der Waals surface area contributed by atoms with Gasteiger partial charge in [0.1, 0.15) is 0 Å². The molecule has 0 aliphatic rings. The Labute approximate surface area is 120 Å². The number of halogens is 1. The summed E-state index contributed by atoms with van der Waals surface area (Å²) in [6.45, 7) is 2.66. The van der Waals surface area contributed by atoms with E-state index in [1.165, 1.54) is 5.56 Å². The smallest absolute Gasteiger partial charge is 0.0922 e. The molecule has 2 aromatic rings. The van der Waals surface area contributed by atoms with Crippen LogP contribution in [0.1, 0.15) is 30.2 Å². The topological polar surface area (TPSA) is 32.3 Å². The number of thiophene rings is 1. The van der Waals surface area contributed by atoms with Gasteiger partial charge < -0.3 is 10.4 Å². The lowest BCUT2D eigenvalue weighted by Crippen LogP contribution is -2.24. The number of aliphatic hydroxyl groups excluding tert-OH is 1. The molecule has 2 N–H and O–H groups in total. The Bertz CT molecular complexity index is 469. The fourth-order valence-electron chi connectivity index (χ4n) is 1.74. The Balaban J connectivity index is 1.88. The van der Waals surface area contributed by atoms with Gasteiger partial charge in [-0.1, -0.05) is 28.1 Å². The van der Waals surface area contributed by atoms with Crippen molar-refractivity contribution in [2.24, 2.45) is 0 Å². The van der Waals surface area contributed by atoms with Gasteiger partial charge in [-0.05, 0) is 47.0 Å². The maximum Gasteiger partial charge on any atom is 0.0922 e. The van der Waals surface area contributed by atoms with Crippen LogP contribution < -0.4 is 5.32 Å². The third kappa shape index (κ3) is 3.65. The summed E-state index contributed by atoms with van der Waals surface area (Å²) in [5.74, 6) is 0. The number of benzene rings is 1. The van der Waals surface area contributed by atoms with E-state index >= 15 is 0 Å². The first-order valence-corrected chi connectivity index (χ1v) is 7.59. The van der Waals surface area contributed by atoms with Gasteiger partial charge in [0.2, 0.25) is 0 Å². The first-order chi connectivity index (χ1) is 8.66. The molecule has 1 heterocycles. The lowest BCUT2D eigenvalue weighted by molar-refractivity contribution is 0.171. The van der Waals surface area contributed by atoms with Crippen LogP contribution >= 0.6 is 27.3 Å². The zero-order valence-electron chi connectivity index (χ0n) is 10.1. The van der Waals surface area contributed by atoms with Gasteiger partial charge in [0.25, 0.3) is 0 Å². The molecule has 0 radical (unpaired) electrons. The van der Waals surface area contributed by atoms with Crippen molar-refractivity contribution in [1.29, 1.82) is 0 Å². The molecule has 0 aliphatic heterocycles. The summed E-state index contributed by atoms with van der Waals surface area (Å²) in [7, 11) is 0. The molecule has 1 aromatic carbocycles. The Hall–Kier alpha value is -0.680. The third-order valence-corrected chi connectivity index (χ3v) is 4.15. The molecule has 0 spiro atoms. The normalized spacial score (nSPS) is 14.4. The van der Waals surface area contributed by atoms with E-state index in [2.05, 4.69) is 40.3 Å². The molecule has 18 heavy (non-hydrogen) atoms. The average molecular weight is 326 g/mol. The van der Waals surface area contributed by atoms with E-state index in [0.29, 0.717) is 6.54 Å². The lowest BCUT2D eigenvalue weighted by Gasteiger charge is -2.17. The molecule has 0 saturated heterocycles. The van der Waals surface area contributed by atoms with Crippen molar-refractivity contribution < 1.29 is 5.11 Å². The summed E-state index contributed by atoms with van der Waals surface area (Å²) < 4.78 is 1.08. The van der Waals surface area contributed by atoms with Crippen LogP contribution in [0, 0.1) is 0 Å². The Morgan fingerprint density at radius 1 is 1.22 bits per heavy atom. The van der Waals surface area contributed by atoms with Gasteiger partial charge >= 0.3 is 0 Å². The summed E-state index contributed by atoms with van der Waals surface area (Å²) in [4.78, 5) is 0. The highest BCUT2D eigenvalue weighted by Crippen LogP contribution is 2.19. The first-order valence-electron chi connectivity index (χ1n) is 5.86. The van der Waals surface area contributed by atoms with E-state index < -0.39 is 6.10 Å². The molecule has 0 aliphatic carbocycles. The van der Waals surface area contributed by atoms with Crippen LogP contribution in [0.5, 0.6) is 0 Å². The highest BCUT2D eigenvalue weighted by Gasteiger charge is 2.10. The number of hydrogen-bond acceptors (Lipinski definition) is 3. The van der Waals surface area contributed by atoms with Crippen molar-refractivity contribution in [2.75, 3.05) is 6.54 Å². The molecular formula is C14H16BrNOS. The quantitative estimate of drug-likeness (QED) is 0.873. The first kappa shape index (κ1) is 13.7. The predicted molar refractivity (Wildman–Crippen MR) is 79.8 cm³/mol. The SMILES string of the molecule is CC(NCC(O)c1ccsc1)c1ccc(Br)cc1. The average Bonchev–Trinajstić information content (AvgIpc) is 2.90. The van der Waals surface area contributed by atoms with Crippen LogP contribution in [0.25, 0.3) is 0 Å². The van der Waals surface area contributed by atoms with Crippen LogP contribution in [-0.2, 0) is 0 Å². The van der Waals surface area contributed by atoms with E-state index in [0.717, 1.165) is 10.0 Å². The molecule has 2 unspecified atom stereocenters. The van der Waals surface area contributed by atoms with Crippen molar-refractivity contribution in [3.05, 3.63) is 56.7 Å². The zero-order valence-corrected chi connectivity index (χ0v) is 12.5. The van der Waals surface area contributed by atoms with Gasteiger partial charge in [-0.15, -0.1) is 0 Å². The molecule has 2 nitrogen and oxygen atoms in total. The van der Waals surface area contributed by atoms with Crippen LogP contribution in [0.4, 0.5) is 0 Å². The van der Waals surface area contributed by atoms with E-state index in [4.69, 9.17) is 0 Å². The summed E-state index contributed by atoms with van der Waals surface area (Å²) in [6.07, 6.45) is -0.436. The monoisotopic (exact) mass is 325 g/mol. The standard InChI is InChI=1S/C14H16BrNOS/c1-10(11-2-4-13(15)5-3-11)16-8-14(17)12-6-7-18-9-12/h2-7,9-10,14,16-17H,8H2,1H3. The lowest BCUT2D eigenvalue weighted by atomic mass is 10.1. The second-order valence-electron chi connectivity index (χ2n) is 4.25. The van der Waals surface area contributed by atoms with Crippen LogP contribution in [-0.4, -0.2) is 11.7 Å². The number of rotatable bonds is 5. The summed E-state index contributed by atoms with van der Waals surface area (Å²) in [5, 5.41) is 17.3. The van der Waals surface area contributed by atoms with Gasteiger partial charge in [0.15, 0.2) is 0 Å². The van der Waals surface area contributed by atoms with E-state index in [9.17, 15) is 5.11 Å².